The van der Waals surface area contributed by atoms with Crippen LogP contribution in [0.25, 0.3) is 0 Å². The zero-order valence-electron chi connectivity index (χ0n) is 15.7. The van der Waals surface area contributed by atoms with Crippen LogP contribution in [0.15, 0.2) is 47.6 Å². The van der Waals surface area contributed by atoms with Crippen molar-refractivity contribution in [2.75, 3.05) is 27.4 Å². The molecule has 0 bridgehead atoms. The fourth-order valence-corrected chi connectivity index (χ4v) is 2.28. The van der Waals surface area contributed by atoms with Crippen LogP contribution in [0.4, 0.5) is 13.2 Å². The molecule has 0 radical (unpaired) electrons. The van der Waals surface area contributed by atoms with E-state index < -0.39 is 11.7 Å². The summed E-state index contributed by atoms with van der Waals surface area (Å²) in [6, 6.07) is 8.80. The number of guanidine groups is 1. The molecule has 0 aliphatic carbocycles. The zero-order chi connectivity index (χ0) is 20.4. The molecule has 0 aliphatic rings. The second-order valence-electron chi connectivity index (χ2n) is 5.82. The molecule has 6 nitrogen and oxygen atoms in total. The van der Waals surface area contributed by atoms with E-state index in [1.165, 1.54) is 6.07 Å². The summed E-state index contributed by atoms with van der Waals surface area (Å²) < 4.78 is 48.6. The van der Waals surface area contributed by atoms with Crippen molar-refractivity contribution in [1.29, 1.82) is 0 Å². The molecule has 28 heavy (non-hydrogen) atoms. The Morgan fingerprint density at radius 3 is 2.43 bits per heavy atom. The Bertz CT molecular complexity index is 765. The lowest BCUT2D eigenvalue weighted by atomic mass is 10.1. The van der Waals surface area contributed by atoms with Crippen molar-refractivity contribution >= 4 is 5.96 Å². The number of benzene rings is 1. The number of halogens is 3. The van der Waals surface area contributed by atoms with Gasteiger partial charge in [-0.05, 0) is 23.3 Å². The maximum atomic E-state index is 12.8. The van der Waals surface area contributed by atoms with Gasteiger partial charge in [0.1, 0.15) is 6.61 Å². The number of aliphatic imine (C=N–C) groups is 1. The van der Waals surface area contributed by atoms with Crippen LogP contribution in [0, 0.1) is 0 Å². The highest BCUT2D eigenvalue weighted by molar-refractivity contribution is 5.79. The van der Waals surface area contributed by atoms with Gasteiger partial charge in [-0.15, -0.1) is 0 Å². The Balaban J connectivity index is 1.83. The molecule has 0 aliphatic heterocycles. The Morgan fingerprint density at radius 2 is 1.82 bits per heavy atom. The Labute approximate surface area is 161 Å². The normalized spacial score (nSPS) is 12.0. The number of methoxy groups -OCH3 is 1. The van der Waals surface area contributed by atoms with E-state index in [4.69, 9.17) is 9.47 Å². The third kappa shape index (κ3) is 7.07. The van der Waals surface area contributed by atoms with Gasteiger partial charge in [0.25, 0.3) is 0 Å². The van der Waals surface area contributed by atoms with Crippen LogP contribution in [-0.4, -0.2) is 38.3 Å². The number of alkyl halides is 3. The van der Waals surface area contributed by atoms with Crippen LogP contribution in [-0.2, 0) is 24.0 Å². The minimum absolute atomic E-state index is 0.216. The van der Waals surface area contributed by atoms with E-state index >= 15 is 0 Å². The van der Waals surface area contributed by atoms with E-state index in [1.54, 1.807) is 32.5 Å². The van der Waals surface area contributed by atoms with Crippen LogP contribution in [0.5, 0.6) is 5.88 Å². The van der Waals surface area contributed by atoms with Crippen LogP contribution in [0.3, 0.4) is 0 Å². The zero-order valence-corrected chi connectivity index (χ0v) is 15.7. The maximum Gasteiger partial charge on any atom is 0.416 e. The number of nitrogens with zero attached hydrogens (tertiary/aromatic N) is 2. The fourth-order valence-electron chi connectivity index (χ4n) is 2.28. The molecule has 1 heterocycles. The third-order valence-corrected chi connectivity index (χ3v) is 3.73. The van der Waals surface area contributed by atoms with Gasteiger partial charge in [-0.3, -0.25) is 4.99 Å². The van der Waals surface area contributed by atoms with Gasteiger partial charge in [0.2, 0.25) is 5.88 Å². The quantitative estimate of drug-likeness (QED) is 0.408. The average Bonchev–Trinajstić information content (AvgIpc) is 2.69. The molecule has 9 heteroatoms. The molecule has 0 unspecified atom stereocenters. The minimum Gasteiger partial charge on any atom is -0.475 e. The Kier molecular flexibility index (Phi) is 8.06. The first kappa shape index (κ1) is 21.5. The van der Waals surface area contributed by atoms with E-state index in [0.29, 0.717) is 37.2 Å². The van der Waals surface area contributed by atoms with E-state index in [2.05, 4.69) is 20.6 Å². The SMILES string of the molecule is CN=C(NCc1ccc(OCCOC)nc1)NCc1cccc(C(F)(F)F)c1. The number of hydrogen-bond acceptors (Lipinski definition) is 4. The summed E-state index contributed by atoms with van der Waals surface area (Å²) in [6.45, 7) is 1.58. The molecule has 0 amide bonds. The van der Waals surface area contributed by atoms with Crippen molar-refractivity contribution in [3.05, 3.63) is 59.3 Å². The molecule has 0 atom stereocenters. The van der Waals surface area contributed by atoms with E-state index in [9.17, 15) is 13.2 Å². The fraction of sp³-hybridized carbons (Fsp3) is 0.368. The van der Waals surface area contributed by atoms with Gasteiger partial charge in [0, 0.05) is 39.5 Å². The Morgan fingerprint density at radius 1 is 1.07 bits per heavy atom. The van der Waals surface area contributed by atoms with Crippen molar-refractivity contribution in [2.45, 2.75) is 19.3 Å². The summed E-state index contributed by atoms with van der Waals surface area (Å²) >= 11 is 0. The summed E-state index contributed by atoms with van der Waals surface area (Å²) in [4.78, 5) is 8.27. The molecule has 2 aromatic rings. The van der Waals surface area contributed by atoms with Gasteiger partial charge in [-0.1, -0.05) is 18.2 Å². The van der Waals surface area contributed by atoms with Gasteiger partial charge in [-0.25, -0.2) is 4.98 Å². The van der Waals surface area contributed by atoms with Gasteiger partial charge in [0.05, 0.1) is 12.2 Å². The highest BCUT2D eigenvalue weighted by atomic mass is 19.4. The summed E-state index contributed by atoms with van der Waals surface area (Å²) in [5, 5.41) is 6.08. The summed E-state index contributed by atoms with van der Waals surface area (Å²) in [5.74, 6) is 0.977. The number of hydrogen-bond donors (Lipinski definition) is 2. The molecule has 1 aromatic heterocycles. The number of pyridine rings is 1. The van der Waals surface area contributed by atoms with Crippen LogP contribution in [0.2, 0.25) is 0 Å². The van der Waals surface area contributed by atoms with Crippen LogP contribution in [0.1, 0.15) is 16.7 Å². The monoisotopic (exact) mass is 396 g/mol. The predicted molar refractivity (Wildman–Crippen MR) is 100 cm³/mol. The third-order valence-electron chi connectivity index (χ3n) is 3.73. The highest BCUT2D eigenvalue weighted by Gasteiger charge is 2.30. The molecule has 0 spiro atoms. The summed E-state index contributed by atoms with van der Waals surface area (Å²) in [7, 11) is 3.19. The number of ether oxygens (including phenoxy) is 2. The lowest BCUT2D eigenvalue weighted by Crippen LogP contribution is -2.36. The number of aromatic nitrogens is 1. The number of nitrogens with one attached hydrogen (secondary N) is 2. The first-order valence-corrected chi connectivity index (χ1v) is 8.59. The second kappa shape index (κ2) is 10.5. The highest BCUT2D eigenvalue weighted by Crippen LogP contribution is 2.29. The molecule has 0 saturated carbocycles. The molecule has 2 N–H and O–H groups in total. The lowest BCUT2D eigenvalue weighted by molar-refractivity contribution is -0.137. The molecular formula is C19H23F3N4O2. The van der Waals surface area contributed by atoms with Crippen molar-refractivity contribution in [3.63, 3.8) is 0 Å². The minimum atomic E-state index is -4.36. The number of rotatable bonds is 8. The van der Waals surface area contributed by atoms with E-state index in [1.807, 2.05) is 6.07 Å². The maximum absolute atomic E-state index is 12.8. The molecule has 152 valence electrons. The van der Waals surface area contributed by atoms with E-state index in [-0.39, 0.29) is 6.54 Å². The topological polar surface area (TPSA) is 67.8 Å². The first-order chi connectivity index (χ1) is 13.4. The standard InChI is InChI=1S/C19H23F3N4O2/c1-23-18(25-11-14-4-3-5-16(10-14)19(20,21)22)26-13-15-6-7-17(24-12-15)28-9-8-27-2/h3-7,10,12H,8-9,11,13H2,1-2H3,(H2,23,25,26). The molecule has 1 aromatic carbocycles. The average molecular weight is 396 g/mol. The molecular weight excluding hydrogens is 373 g/mol. The Hall–Kier alpha value is -2.81. The molecule has 0 fully saturated rings. The molecule has 0 saturated heterocycles. The first-order valence-electron chi connectivity index (χ1n) is 8.59. The van der Waals surface area contributed by atoms with Gasteiger partial charge >= 0.3 is 6.18 Å². The summed E-state index contributed by atoms with van der Waals surface area (Å²) in [6.07, 6.45) is -2.68. The van der Waals surface area contributed by atoms with Crippen molar-refractivity contribution in [3.8, 4) is 5.88 Å². The van der Waals surface area contributed by atoms with E-state index in [0.717, 1.165) is 17.7 Å². The molecule has 2 rings (SSSR count). The van der Waals surface area contributed by atoms with Crippen LogP contribution >= 0.6 is 0 Å². The smallest absolute Gasteiger partial charge is 0.416 e. The predicted octanol–water partition coefficient (Wildman–Crippen LogP) is 2.99. The van der Waals surface area contributed by atoms with Gasteiger partial charge in [0.15, 0.2) is 5.96 Å². The van der Waals surface area contributed by atoms with Crippen molar-refractivity contribution in [2.24, 2.45) is 4.99 Å². The second-order valence-corrected chi connectivity index (χ2v) is 5.82. The van der Waals surface area contributed by atoms with Crippen molar-refractivity contribution < 1.29 is 22.6 Å². The van der Waals surface area contributed by atoms with Gasteiger partial charge in [-0.2, -0.15) is 13.2 Å². The van der Waals surface area contributed by atoms with Crippen molar-refractivity contribution in [1.82, 2.24) is 15.6 Å². The van der Waals surface area contributed by atoms with Crippen LogP contribution < -0.4 is 15.4 Å². The largest absolute Gasteiger partial charge is 0.475 e. The summed E-state index contributed by atoms with van der Waals surface area (Å²) in [5.41, 5.74) is 0.742. The van der Waals surface area contributed by atoms with Gasteiger partial charge < -0.3 is 20.1 Å². The lowest BCUT2D eigenvalue weighted by Gasteiger charge is -2.13.